The van der Waals surface area contributed by atoms with E-state index >= 15 is 0 Å². The van der Waals surface area contributed by atoms with Crippen molar-refractivity contribution in [2.45, 2.75) is 59.5 Å². The second-order valence-electron chi connectivity index (χ2n) is 10.6. The van der Waals surface area contributed by atoms with Crippen molar-refractivity contribution in [2.24, 2.45) is 0 Å². The summed E-state index contributed by atoms with van der Waals surface area (Å²) in [4.78, 5) is 28.5. The van der Waals surface area contributed by atoms with Gasteiger partial charge in [-0.25, -0.2) is 0 Å². The number of nitrogens with one attached hydrogen (secondary N) is 1. The minimum atomic E-state index is -0.193. The molecule has 0 atom stereocenters. The number of amides is 1. The molecule has 2 aromatic carbocycles. The number of hydrogen-bond acceptors (Lipinski definition) is 4. The number of carbonyl (C=O) groups excluding carboxylic acids is 2. The van der Waals surface area contributed by atoms with Crippen molar-refractivity contribution in [1.82, 2.24) is 20.0 Å². The third-order valence-electron chi connectivity index (χ3n) is 6.77. The fraction of sp³-hybridized carbons (Fsp3) is 0.387. The Morgan fingerprint density at radius 2 is 1.86 bits per heavy atom. The summed E-state index contributed by atoms with van der Waals surface area (Å²) in [7, 11) is 4.11. The van der Waals surface area contributed by atoms with E-state index in [0.717, 1.165) is 58.1 Å². The molecule has 0 saturated heterocycles. The molecule has 1 amide bonds. The van der Waals surface area contributed by atoms with Crippen molar-refractivity contribution < 1.29 is 9.59 Å². The summed E-state index contributed by atoms with van der Waals surface area (Å²) < 4.78 is 1.95. The largest absolute Gasteiger partial charge is 0.348 e. The first-order valence-electron chi connectivity index (χ1n) is 13.1. The molecular weight excluding hydrogens is 460 g/mol. The van der Waals surface area contributed by atoms with Crippen LogP contribution in [0.15, 0.2) is 65.4 Å². The summed E-state index contributed by atoms with van der Waals surface area (Å²) in [5.41, 5.74) is 7.59. The van der Waals surface area contributed by atoms with Gasteiger partial charge < -0.3 is 10.2 Å². The summed E-state index contributed by atoms with van der Waals surface area (Å²) in [6.07, 6.45) is 6.09. The zero-order valence-electron chi connectivity index (χ0n) is 22.9. The minimum absolute atomic E-state index is 0.105. The number of fused-ring (bicyclic) bond motifs is 1. The Kier molecular flexibility index (Phi) is 8.08. The van der Waals surface area contributed by atoms with Gasteiger partial charge in [0.2, 0.25) is 0 Å². The predicted molar refractivity (Wildman–Crippen MR) is 151 cm³/mol. The van der Waals surface area contributed by atoms with Crippen LogP contribution in [0.25, 0.3) is 22.0 Å². The van der Waals surface area contributed by atoms with E-state index in [-0.39, 0.29) is 24.3 Å². The Morgan fingerprint density at radius 1 is 1.14 bits per heavy atom. The summed E-state index contributed by atoms with van der Waals surface area (Å²) >= 11 is 0. The Morgan fingerprint density at radius 3 is 2.51 bits per heavy atom. The highest BCUT2D eigenvalue weighted by atomic mass is 16.2. The van der Waals surface area contributed by atoms with E-state index in [1.165, 1.54) is 5.56 Å². The molecule has 0 saturated carbocycles. The van der Waals surface area contributed by atoms with Crippen LogP contribution in [0.1, 0.15) is 68.9 Å². The van der Waals surface area contributed by atoms with Gasteiger partial charge >= 0.3 is 0 Å². The van der Waals surface area contributed by atoms with Crippen molar-refractivity contribution in [3.63, 3.8) is 0 Å². The zero-order valence-corrected chi connectivity index (χ0v) is 22.9. The van der Waals surface area contributed by atoms with Gasteiger partial charge in [-0.2, -0.15) is 5.10 Å². The molecule has 0 unspecified atom stereocenters. The first kappa shape index (κ1) is 26.6. The lowest BCUT2D eigenvalue weighted by Crippen LogP contribution is -2.29. The average molecular weight is 499 g/mol. The third kappa shape index (κ3) is 5.91. The predicted octanol–water partition coefficient (Wildman–Crippen LogP) is 6.09. The van der Waals surface area contributed by atoms with E-state index in [2.05, 4.69) is 86.6 Å². The lowest BCUT2D eigenvalue weighted by molar-refractivity contribution is -0.115. The second kappa shape index (κ2) is 11.3. The summed E-state index contributed by atoms with van der Waals surface area (Å²) in [6.45, 7) is 9.37. The molecule has 6 heteroatoms. The quantitative estimate of drug-likeness (QED) is 0.388. The molecule has 1 aliphatic rings. The topological polar surface area (TPSA) is 67.2 Å². The number of aromatic nitrogens is 2. The molecule has 1 aliphatic carbocycles. The average Bonchev–Trinajstić information content (AvgIpc) is 3.27. The molecule has 0 fully saturated rings. The van der Waals surface area contributed by atoms with Crippen LogP contribution in [0.3, 0.4) is 0 Å². The first-order valence-corrected chi connectivity index (χ1v) is 13.1. The number of rotatable bonds is 9. The van der Waals surface area contributed by atoms with Crippen LogP contribution in [-0.2, 0) is 11.3 Å². The SMILES string of the molecule is CCCC1=C(CNC(=O)c2cc(-c3ccc(CN(C)C)cc3)cc3c2cnn3C(C)C)C(=O)CC(C)=C1. The van der Waals surface area contributed by atoms with Crippen LogP contribution < -0.4 is 5.32 Å². The van der Waals surface area contributed by atoms with E-state index in [0.29, 0.717) is 12.0 Å². The second-order valence-corrected chi connectivity index (χ2v) is 10.6. The lowest BCUT2D eigenvalue weighted by atomic mass is 9.89. The van der Waals surface area contributed by atoms with E-state index in [9.17, 15) is 9.59 Å². The Bertz CT molecular complexity index is 1370. The van der Waals surface area contributed by atoms with Crippen molar-refractivity contribution in [1.29, 1.82) is 0 Å². The number of nitrogens with zero attached hydrogens (tertiary/aromatic N) is 3. The molecule has 37 heavy (non-hydrogen) atoms. The molecular formula is C31H38N4O2. The normalized spacial score (nSPS) is 14.2. The molecule has 0 bridgehead atoms. The van der Waals surface area contributed by atoms with Crippen LogP contribution in [0.5, 0.6) is 0 Å². The molecule has 1 aromatic heterocycles. The van der Waals surface area contributed by atoms with Crippen molar-refractivity contribution in [3.05, 3.63) is 76.5 Å². The maximum absolute atomic E-state index is 13.6. The van der Waals surface area contributed by atoms with Gasteiger partial charge in [0.1, 0.15) is 0 Å². The summed E-state index contributed by atoms with van der Waals surface area (Å²) in [5, 5.41) is 8.45. The van der Waals surface area contributed by atoms with Gasteiger partial charge in [-0.15, -0.1) is 0 Å². The molecule has 194 valence electrons. The molecule has 0 aliphatic heterocycles. The van der Waals surface area contributed by atoms with Gasteiger partial charge in [-0.05, 0) is 75.7 Å². The molecule has 1 N–H and O–H groups in total. The number of ketones is 1. The van der Waals surface area contributed by atoms with E-state index in [1.54, 1.807) is 6.20 Å². The Balaban J connectivity index is 1.70. The fourth-order valence-corrected chi connectivity index (χ4v) is 5.02. The minimum Gasteiger partial charge on any atom is -0.348 e. The first-order chi connectivity index (χ1) is 17.7. The van der Waals surface area contributed by atoms with Crippen LogP contribution in [0.2, 0.25) is 0 Å². The van der Waals surface area contributed by atoms with E-state index in [4.69, 9.17) is 0 Å². The summed E-state index contributed by atoms with van der Waals surface area (Å²) in [6, 6.07) is 12.7. The van der Waals surface area contributed by atoms with Gasteiger partial charge in [0.25, 0.3) is 5.91 Å². The number of carbonyl (C=O) groups is 2. The Labute approximate surface area is 220 Å². The molecule has 0 radical (unpaired) electrons. The van der Waals surface area contributed by atoms with Gasteiger partial charge in [-0.1, -0.05) is 49.3 Å². The molecule has 1 heterocycles. The maximum Gasteiger partial charge on any atom is 0.252 e. The smallest absolute Gasteiger partial charge is 0.252 e. The third-order valence-corrected chi connectivity index (χ3v) is 6.77. The fourth-order valence-electron chi connectivity index (χ4n) is 5.02. The Hall–Kier alpha value is -3.51. The number of Topliss-reactive ketones (excluding diaryl/α,β-unsaturated/α-hetero) is 1. The van der Waals surface area contributed by atoms with Gasteiger partial charge in [0, 0.05) is 36.5 Å². The van der Waals surface area contributed by atoms with Crippen molar-refractivity contribution in [2.75, 3.05) is 20.6 Å². The molecule has 4 rings (SSSR count). The zero-order chi connectivity index (χ0) is 26.7. The van der Waals surface area contributed by atoms with Crippen molar-refractivity contribution in [3.8, 4) is 11.1 Å². The van der Waals surface area contributed by atoms with Crippen LogP contribution in [0, 0.1) is 0 Å². The maximum atomic E-state index is 13.6. The number of hydrogen-bond donors (Lipinski definition) is 1. The highest BCUT2D eigenvalue weighted by molar-refractivity contribution is 6.08. The van der Waals surface area contributed by atoms with Crippen LogP contribution >= 0.6 is 0 Å². The van der Waals surface area contributed by atoms with Gasteiger partial charge in [-0.3, -0.25) is 14.3 Å². The number of allylic oxidation sites excluding steroid dienone is 3. The van der Waals surface area contributed by atoms with Crippen LogP contribution in [0.4, 0.5) is 0 Å². The highest BCUT2D eigenvalue weighted by Gasteiger charge is 2.22. The van der Waals surface area contributed by atoms with Gasteiger partial charge in [0.15, 0.2) is 5.78 Å². The lowest BCUT2D eigenvalue weighted by Gasteiger charge is -2.18. The molecule has 6 nitrogen and oxygen atoms in total. The molecule has 0 spiro atoms. The van der Waals surface area contributed by atoms with Gasteiger partial charge in [0.05, 0.1) is 17.3 Å². The number of benzene rings is 2. The highest BCUT2D eigenvalue weighted by Crippen LogP contribution is 2.30. The monoisotopic (exact) mass is 498 g/mol. The summed E-state index contributed by atoms with van der Waals surface area (Å²) in [5.74, 6) is -0.0881. The van der Waals surface area contributed by atoms with Crippen molar-refractivity contribution >= 4 is 22.6 Å². The molecule has 3 aromatic rings. The van der Waals surface area contributed by atoms with Crippen LogP contribution in [-0.4, -0.2) is 47.0 Å². The van der Waals surface area contributed by atoms with E-state index < -0.39 is 0 Å². The van der Waals surface area contributed by atoms with E-state index in [1.807, 2.05) is 17.7 Å². The standard InChI is InChI=1S/C31H38N4O2/c1-7-8-24-13-21(4)14-30(36)27(24)17-32-31(37)26-15-25(16-29-28(26)18-33-35(29)20(2)3)23-11-9-22(10-12-23)19-34(5)6/h9-13,15-16,18,20H,7-8,14,17,19H2,1-6H3,(H,32,37).